The molecule has 14 heavy (non-hydrogen) atoms. The van der Waals surface area contributed by atoms with E-state index in [0.717, 1.165) is 6.54 Å². The zero-order chi connectivity index (χ0) is 9.80. The molecule has 0 radical (unpaired) electrons. The minimum atomic E-state index is 0.359. The summed E-state index contributed by atoms with van der Waals surface area (Å²) < 4.78 is 0. The highest BCUT2D eigenvalue weighted by atomic mass is 32.2. The lowest BCUT2D eigenvalue weighted by Crippen LogP contribution is -3.12. The molecular formula is C11H16NOS+. The number of phenolic OH excluding ortho intramolecular Hbond substituents is 1. The van der Waals surface area contributed by atoms with E-state index in [4.69, 9.17) is 5.11 Å². The van der Waals surface area contributed by atoms with Gasteiger partial charge in [-0.2, -0.15) is 11.8 Å². The van der Waals surface area contributed by atoms with Gasteiger partial charge in [0.25, 0.3) is 0 Å². The summed E-state index contributed by atoms with van der Waals surface area (Å²) in [5, 5.41) is 9.15. The molecule has 0 spiro atoms. The molecule has 1 aliphatic heterocycles. The Labute approximate surface area is 88.9 Å². The van der Waals surface area contributed by atoms with Gasteiger partial charge >= 0.3 is 0 Å². The van der Waals surface area contributed by atoms with Crippen molar-refractivity contribution in [2.45, 2.75) is 6.54 Å². The fourth-order valence-electron chi connectivity index (χ4n) is 1.74. The quantitative estimate of drug-likeness (QED) is 0.744. The number of nitrogens with one attached hydrogen (secondary N) is 1. The molecule has 1 heterocycles. The van der Waals surface area contributed by atoms with E-state index in [0.29, 0.717) is 5.75 Å². The molecule has 1 aromatic carbocycles. The number of aromatic hydroxyl groups is 1. The summed E-state index contributed by atoms with van der Waals surface area (Å²) in [6.45, 7) is 3.64. The standard InChI is InChI=1S/C11H15NOS/c13-11-3-1-10(2-4-11)9-12-5-7-14-8-6-12/h1-4,13H,5-9H2/p+1. The molecule has 0 aliphatic carbocycles. The molecule has 0 unspecified atom stereocenters. The van der Waals surface area contributed by atoms with Crippen molar-refractivity contribution in [3.05, 3.63) is 29.8 Å². The molecule has 0 bridgehead atoms. The van der Waals surface area contributed by atoms with Crippen molar-refractivity contribution in [2.75, 3.05) is 24.6 Å². The molecule has 2 rings (SSSR count). The van der Waals surface area contributed by atoms with E-state index >= 15 is 0 Å². The van der Waals surface area contributed by atoms with Gasteiger partial charge in [-0.1, -0.05) is 0 Å². The van der Waals surface area contributed by atoms with Gasteiger partial charge < -0.3 is 10.0 Å². The van der Waals surface area contributed by atoms with E-state index < -0.39 is 0 Å². The van der Waals surface area contributed by atoms with E-state index in [-0.39, 0.29) is 0 Å². The van der Waals surface area contributed by atoms with Crippen LogP contribution in [0, 0.1) is 0 Å². The van der Waals surface area contributed by atoms with Crippen LogP contribution in [0.15, 0.2) is 24.3 Å². The van der Waals surface area contributed by atoms with E-state index in [1.165, 1.54) is 30.2 Å². The predicted molar refractivity (Wildman–Crippen MR) is 59.8 cm³/mol. The monoisotopic (exact) mass is 210 g/mol. The molecule has 1 aliphatic rings. The van der Waals surface area contributed by atoms with Crippen molar-refractivity contribution in [2.24, 2.45) is 0 Å². The lowest BCUT2D eigenvalue weighted by molar-refractivity contribution is -0.910. The van der Waals surface area contributed by atoms with Crippen molar-refractivity contribution in [1.29, 1.82) is 0 Å². The molecule has 0 saturated carbocycles. The minimum Gasteiger partial charge on any atom is -0.508 e. The van der Waals surface area contributed by atoms with Gasteiger partial charge in [0.05, 0.1) is 13.1 Å². The summed E-state index contributed by atoms with van der Waals surface area (Å²) in [6.07, 6.45) is 0. The third-order valence-corrected chi connectivity index (χ3v) is 3.58. The predicted octanol–water partition coefficient (Wildman–Crippen LogP) is 0.524. The Morgan fingerprint density at radius 2 is 1.79 bits per heavy atom. The highest BCUT2D eigenvalue weighted by molar-refractivity contribution is 7.99. The highest BCUT2D eigenvalue weighted by Crippen LogP contribution is 2.08. The fraction of sp³-hybridized carbons (Fsp3) is 0.455. The van der Waals surface area contributed by atoms with Crippen LogP contribution in [0.2, 0.25) is 0 Å². The molecule has 0 amide bonds. The van der Waals surface area contributed by atoms with Crippen LogP contribution in [-0.2, 0) is 6.54 Å². The lowest BCUT2D eigenvalue weighted by Gasteiger charge is -2.23. The molecule has 1 saturated heterocycles. The van der Waals surface area contributed by atoms with Gasteiger partial charge in [-0.05, 0) is 24.3 Å². The molecule has 1 aromatic rings. The van der Waals surface area contributed by atoms with Gasteiger partial charge in [0.2, 0.25) is 0 Å². The fourth-order valence-corrected chi connectivity index (χ4v) is 2.81. The van der Waals surface area contributed by atoms with Gasteiger partial charge in [-0.3, -0.25) is 0 Å². The van der Waals surface area contributed by atoms with Crippen LogP contribution >= 0.6 is 11.8 Å². The van der Waals surface area contributed by atoms with Crippen LogP contribution < -0.4 is 4.90 Å². The first-order valence-electron chi connectivity index (χ1n) is 5.04. The first-order chi connectivity index (χ1) is 6.84. The third-order valence-electron chi connectivity index (χ3n) is 2.59. The number of rotatable bonds is 2. The first-order valence-corrected chi connectivity index (χ1v) is 6.19. The second kappa shape index (κ2) is 4.71. The number of hydrogen-bond donors (Lipinski definition) is 2. The number of benzene rings is 1. The normalized spacial score (nSPS) is 18.3. The molecule has 76 valence electrons. The summed E-state index contributed by atoms with van der Waals surface area (Å²) in [5.74, 6) is 2.93. The van der Waals surface area contributed by atoms with Crippen molar-refractivity contribution in [1.82, 2.24) is 0 Å². The summed E-state index contributed by atoms with van der Waals surface area (Å²) in [6, 6.07) is 7.58. The Bertz CT molecular complexity index is 280. The van der Waals surface area contributed by atoms with Crippen molar-refractivity contribution >= 4 is 11.8 Å². The van der Waals surface area contributed by atoms with Gasteiger partial charge in [0.1, 0.15) is 12.3 Å². The van der Waals surface area contributed by atoms with Crippen LogP contribution in [0.1, 0.15) is 5.56 Å². The molecular weight excluding hydrogens is 194 g/mol. The Morgan fingerprint density at radius 1 is 1.14 bits per heavy atom. The number of hydrogen-bond acceptors (Lipinski definition) is 2. The Balaban J connectivity index is 1.92. The zero-order valence-electron chi connectivity index (χ0n) is 8.20. The van der Waals surface area contributed by atoms with E-state index in [1.807, 2.05) is 12.1 Å². The van der Waals surface area contributed by atoms with Crippen molar-refractivity contribution < 1.29 is 10.0 Å². The van der Waals surface area contributed by atoms with Crippen LogP contribution in [0.25, 0.3) is 0 Å². The second-order valence-electron chi connectivity index (χ2n) is 3.71. The van der Waals surface area contributed by atoms with Gasteiger partial charge in [-0.15, -0.1) is 0 Å². The van der Waals surface area contributed by atoms with E-state index in [9.17, 15) is 0 Å². The summed E-state index contributed by atoms with van der Waals surface area (Å²) in [4.78, 5) is 1.66. The number of quaternary nitrogens is 1. The minimum absolute atomic E-state index is 0.359. The van der Waals surface area contributed by atoms with Crippen LogP contribution in [0.3, 0.4) is 0 Å². The van der Waals surface area contributed by atoms with Gasteiger partial charge in [0, 0.05) is 17.1 Å². The second-order valence-corrected chi connectivity index (χ2v) is 4.93. The maximum absolute atomic E-state index is 9.15. The third kappa shape index (κ3) is 2.66. The largest absolute Gasteiger partial charge is 0.508 e. The zero-order valence-corrected chi connectivity index (χ0v) is 9.02. The van der Waals surface area contributed by atoms with Crippen molar-refractivity contribution in [3.63, 3.8) is 0 Å². The Morgan fingerprint density at radius 3 is 2.43 bits per heavy atom. The topological polar surface area (TPSA) is 24.7 Å². The van der Waals surface area contributed by atoms with Gasteiger partial charge in [-0.25, -0.2) is 0 Å². The summed E-state index contributed by atoms with van der Waals surface area (Å²) >= 11 is 2.05. The maximum Gasteiger partial charge on any atom is 0.115 e. The SMILES string of the molecule is Oc1ccc(C[NH+]2CCSCC2)cc1. The molecule has 0 atom stereocenters. The Hall–Kier alpha value is -0.670. The number of thioether (sulfide) groups is 1. The van der Waals surface area contributed by atoms with E-state index in [2.05, 4.69) is 11.8 Å². The lowest BCUT2D eigenvalue weighted by atomic mass is 10.2. The maximum atomic E-state index is 9.15. The molecule has 3 heteroatoms. The highest BCUT2D eigenvalue weighted by Gasteiger charge is 2.13. The molecule has 0 aromatic heterocycles. The molecule has 2 nitrogen and oxygen atoms in total. The molecule has 1 fully saturated rings. The van der Waals surface area contributed by atoms with Gasteiger partial charge in [0.15, 0.2) is 0 Å². The average molecular weight is 210 g/mol. The Kier molecular flexibility index (Phi) is 3.32. The first kappa shape index (κ1) is 9.87. The van der Waals surface area contributed by atoms with E-state index in [1.54, 1.807) is 17.0 Å². The van der Waals surface area contributed by atoms with Crippen LogP contribution in [0.4, 0.5) is 0 Å². The summed E-state index contributed by atoms with van der Waals surface area (Å²) in [7, 11) is 0. The smallest absolute Gasteiger partial charge is 0.115 e. The van der Waals surface area contributed by atoms with Crippen LogP contribution in [0.5, 0.6) is 5.75 Å². The molecule has 2 N–H and O–H groups in total. The van der Waals surface area contributed by atoms with Crippen molar-refractivity contribution in [3.8, 4) is 5.75 Å². The van der Waals surface area contributed by atoms with Crippen LogP contribution in [-0.4, -0.2) is 29.7 Å². The average Bonchev–Trinajstić information content (AvgIpc) is 2.23. The number of phenols is 1. The summed E-state index contributed by atoms with van der Waals surface area (Å²) in [5.41, 5.74) is 1.32.